The van der Waals surface area contributed by atoms with E-state index in [-0.39, 0.29) is 9.92 Å². The lowest BCUT2D eigenvalue weighted by Crippen LogP contribution is -2.39. The third-order valence-electron chi connectivity index (χ3n) is 2.27. The van der Waals surface area contributed by atoms with Gasteiger partial charge in [0, 0.05) is 12.6 Å². The highest BCUT2D eigenvalue weighted by Gasteiger charge is 2.24. The zero-order valence-corrected chi connectivity index (χ0v) is 10.8. The summed E-state index contributed by atoms with van der Waals surface area (Å²) >= 11 is 5.78. The van der Waals surface area contributed by atoms with Crippen molar-refractivity contribution in [2.24, 2.45) is 5.10 Å². The first-order valence-electron chi connectivity index (χ1n) is 5.12. The van der Waals surface area contributed by atoms with Gasteiger partial charge in [0.2, 0.25) is 0 Å². The average molecular weight is 288 g/mol. The standard InChI is InChI=1S/C10H10ClN3O3S/c11-8-4-1-2-5-9(8)18(16,17)13-10(15)14-7-3-6-12-14/h1-2,4-6H,3,7H2,(H,13,15). The van der Waals surface area contributed by atoms with E-state index < -0.39 is 16.1 Å². The topological polar surface area (TPSA) is 78.8 Å². The minimum Gasteiger partial charge on any atom is -0.246 e. The number of hydrogen-bond acceptors (Lipinski definition) is 4. The zero-order valence-electron chi connectivity index (χ0n) is 9.21. The first-order valence-corrected chi connectivity index (χ1v) is 6.98. The van der Waals surface area contributed by atoms with E-state index in [1.807, 2.05) is 4.72 Å². The summed E-state index contributed by atoms with van der Waals surface area (Å²) in [6, 6.07) is 5.11. The summed E-state index contributed by atoms with van der Waals surface area (Å²) in [7, 11) is -3.97. The van der Waals surface area contributed by atoms with Gasteiger partial charge in [0.15, 0.2) is 0 Å². The number of urea groups is 1. The second-order valence-electron chi connectivity index (χ2n) is 3.55. The van der Waals surface area contributed by atoms with Crippen LogP contribution in [0.4, 0.5) is 4.79 Å². The molecule has 1 aromatic rings. The van der Waals surface area contributed by atoms with E-state index in [4.69, 9.17) is 11.6 Å². The van der Waals surface area contributed by atoms with Crippen molar-refractivity contribution in [3.05, 3.63) is 29.3 Å². The molecule has 0 unspecified atom stereocenters. The van der Waals surface area contributed by atoms with Gasteiger partial charge in [0.1, 0.15) is 4.90 Å². The molecule has 0 saturated carbocycles. The number of rotatable bonds is 2. The molecule has 8 heteroatoms. The minimum absolute atomic E-state index is 0.0581. The molecule has 0 aromatic heterocycles. The monoisotopic (exact) mass is 287 g/mol. The number of nitrogens with zero attached hydrogens (tertiary/aromatic N) is 2. The molecule has 96 valence electrons. The summed E-state index contributed by atoms with van der Waals surface area (Å²) in [5.74, 6) is 0. The predicted molar refractivity (Wildman–Crippen MR) is 67.0 cm³/mol. The van der Waals surface area contributed by atoms with Crippen molar-refractivity contribution in [3.63, 3.8) is 0 Å². The lowest BCUT2D eigenvalue weighted by atomic mass is 10.4. The Morgan fingerprint density at radius 3 is 2.72 bits per heavy atom. The van der Waals surface area contributed by atoms with Crippen LogP contribution >= 0.6 is 11.6 Å². The molecule has 18 heavy (non-hydrogen) atoms. The summed E-state index contributed by atoms with van der Waals surface area (Å²) in [5.41, 5.74) is 0. The number of carbonyl (C=O) groups excluding carboxylic acids is 1. The number of hydrogen-bond donors (Lipinski definition) is 1. The van der Waals surface area contributed by atoms with Crippen LogP contribution in [0.5, 0.6) is 0 Å². The Bertz CT molecular complexity index is 600. The van der Waals surface area contributed by atoms with Crippen LogP contribution in [0.1, 0.15) is 6.42 Å². The Morgan fingerprint density at radius 2 is 2.11 bits per heavy atom. The molecule has 0 aliphatic carbocycles. The minimum atomic E-state index is -3.97. The van der Waals surface area contributed by atoms with Crippen molar-refractivity contribution in [2.75, 3.05) is 6.54 Å². The van der Waals surface area contributed by atoms with Gasteiger partial charge in [-0.2, -0.15) is 5.10 Å². The molecule has 1 aliphatic rings. The van der Waals surface area contributed by atoms with Crippen molar-refractivity contribution in [3.8, 4) is 0 Å². The highest BCUT2D eigenvalue weighted by molar-refractivity contribution is 7.90. The molecule has 1 heterocycles. The van der Waals surface area contributed by atoms with E-state index in [1.165, 1.54) is 18.2 Å². The molecule has 1 aliphatic heterocycles. The van der Waals surface area contributed by atoms with Gasteiger partial charge in [-0.25, -0.2) is 22.9 Å². The number of amides is 2. The molecular formula is C10H10ClN3O3S. The van der Waals surface area contributed by atoms with E-state index in [1.54, 1.807) is 12.3 Å². The van der Waals surface area contributed by atoms with E-state index in [0.29, 0.717) is 13.0 Å². The fourth-order valence-electron chi connectivity index (χ4n) is 1.43. The van der Waals surface area contributed by atoms with Crippen molar-refractivity contribution in [1.29, 1.82) is 0 Å². The molecule has 2 amide bonds. The third-order valence-corrected chi connectivity index (χ3v) is 4.09. The van der Waals surface area contributed by atoms with Crippen LogP contribution in [0.3, 0.4) is 0 Å². The van der Waals surface area contributed by atoms with Gasteiger partial charge in [-0.05, 0) is 12.1 Å². The summed E-state index contributed by atoms with van der Waals surface area (Å²) in [5, 5.41) is 4.84. The molecule has 1 N–H and O–H groups in total. The number of sulfonamides is 1. The molecular weight excluding hydrogens is 278 g/mol. The van der Waals surface area contributed by atoms with E-state index >= 15 is 0 Å². The normalized spacial score (nSPS) is 14.8. The van der Waals surface area contributed by atoms with Gasteiger partial charge in [-0.1, -0.05) is 23.7 Å². The van der Waals surface area contributed by atoms with Gasteiger partial charge in [0.05, 0.1) is 11.6 Å². The average Bonchev–Trinajstić information content (AvgIpc) is 2.82. The number of hydrazone groups is 1. The maximum atomic E-state index is 11.9. The molecule has 0 radical (unpaired) electrons. The lowest BCUT2D eigenvalue weighted by Gasteiger charge is -2.13. The molecule has 2 rings (SSSR count). The largest absolute Gasteiger partial charge is 0.351 e. The molecule has 0 spiro atoms. The number of benzene rings is 1. The van der Waals surface area contributed by atoms with Gasteiger partial charge in [-0.3, -0.25) is 0 Å². The van der Waals surface area contributed by atoms with Gasteiger partial charge in [-0.15, -0.1) is 0 Å². The van der Waals surface area contributed by atoms with Gasteiger partial charge < -0.3 is 0 Å². The fourth-order valence-corrected chi connectivity index (χ4v) is 2.90. The van der Waals surface area contributed by atoms with Crippen molar-refractivity contribution in [2.45, 2.75) is 11.3 Å². The SMILES string of the molecule is O=C(NS(=O)(=O)c1ccccc1Cl)N1CCC=N1. The summed E-state index contributed by atoms with van der Waals surface area (Å²) in [6.07, 6.45) is 2.15. The van der Waals surface area contributed by atoms with Gasteiger partial charge in [0.25, 0.3) is 10.0 Å². The van der Waals surface area contributed by atoms with Crippen LogP contribution < -0.4 is 4.72 Å². The number of nitrogens with one attached hydrogen (secondary N) is 1. The van der Waals surface area contributed by atoms with E-state index in [0.717, 1.165) is 5.01 Å². The van der Waals surface area contributed by atoms with Crippen molar-refractivity contribution in [1.82, 2.24) is 9.73 Å². The van der Waals surface area contributed by atoms with Gasteiger partial charge >= 0.3 is 6.03 Å². The van der Waals surface area contributed by atoms with Crippen LogP contribution in [-0.4, -0.2) is 32.2 Å². The predicted octanol–water partition coefficient (Wildman–Crippen LogP) is 1.43. The van der Waals surface area contributed by atoms with E-state index in [9.17, 15) is 13.2 Å². The summed E-state index contributed by atoms with van der Waals surface area (Å²) in [4.78, 5) is 11.5. The van der Waals surface area contributed by atoms with Crippen LogP contribution in [0.25, 0.3) is 0 Å². The third kappa shape index (κ3) is 2.62. The first-order chi connectivity index (χ1) is 8.50. The number of carbonyl (C=O) groups is 1. The quantitative estimate of drug-likeness (QED) is 0.893. The Kier molecular flexibility index (Phi) is 3.53. The summed E-state index contributed by atoms with van der Waals surface area (Å²) in [6.45, 7) is 0.365. The molecule has 6 nitrogen and oxygen atoms in total. The number of halogens is 1. The molecule has 0 bridgehead atoms. The second-order valence-corrected chi connectivity index (χ2v) is 5.61. The van der Waals surface area contributed by atoms with Crippen LogP contribution in [0.2, 0.25) is 5.02 Å². The van der Waals surface area contributed by atoms with Crippen LogP contribution in [0, 0.1) is 0 Å². The second kappa shape index (κ2) is 4.95. The molecule has 1 aromatic carbocycles. The maximum Gasteiger partial charge on any atom is 0.351 e. The maximum absolute atomic E-state index is 11.9. The highest BCUT2D eigenvalue weighted by Crippen LogP contribution is 2.20. The van der Waals surface area contributed by atoms with Crippen LogP contribution in [0.15, 0.2) is 34.3 Å². The zero-order chi connectivity index (χ0) is 13.2. The Hall–Kier alpha value is -1.60. The Morgan fingerprint density at radius 1 is 1.39 bits per heavy atom. The smallest absolute Gasteiger partial charge is 0.246 e. The van der Waals surface area contributed by atoms with Crippen molar-refractivity contribution < 1.29 is 13.2 Å². The van der Waals surface area contributed by atoms with Crippen LogP contribution in [-0.2, 0) is 10.0 Å². The molecule has 0 fully saturated rings. The lowest BCUT2D eigenvalue weighted by molar-refractivity contribution is 0.211. The highest BCUT2D eigenvalue weighted by atomic mass is 35.5. The Balaban J connectivity index is 2.20. The first kappa shape index (κ1) is 12.8. The molecule has 0 atom stereocenters. The van der Waals surface area contributed by atoms with E-state index in [2.05, 4.69) is 5.10 Å². The van der Waals surface area contributed by atoms with Crippen molar-refractivity contribution >= 4 is 33.9 Å². The Labute approximate surface area is 109 Å². The molecule has 0 saturated heterocycles. The summed E-state index contributed by atoms with van der Waals surface area (Å²) < 4.78 is 25.8. The fraction of sp³-hybridized carbons (Fsp3) is 0.200.